The maximum Gasteiger partial charge on any atom is 0.325 e. The van der Waals surface area contributed by atoms with E-state index in [9.17, 15) is 14.4 Å². The molecule has 1 heterocycles. The van der Waals surface area contributed by atoms with Crippen LogP contribution in [0, 0.1) is 5.92 Å². The molecule has 5 heteroatoms. The van der Waals surface area contributed by atoms with Crippen LogP contribution in [0.3, 0.4) is 0 Å². The Labute approximate surface area is 136 Å². The molecular weight excluding hydrogens is 292 g/mol. The molecule has 1 spiro atoms. The van der Waals surface area contributed by atoms with E-state index in [1.165, 1.54) is 0 Å². The lowest BCUT2D eigenvalue weighted by molar-refractivity contribution is -0.132. The number of Topliss-reactive ketones (excluding diaryl/α,β-unsaturated/α-hetero) is 1. The Morgan fingerprint density at radius 2 is 1.87 bits per heavy atom. The minimum Gasteiger partial charge on any atom is -0.323 e. The lowest BCUT2D eigenvalue weighted by Crippen LogP contribution is -2.49. The molecule has 1 saturated heterocycles. The highest BCUT2D eigenvalue weighted by Crippen LogP contribution is 2.37. The van der Waals surface area contributed by atoms with Crippen LogP contribution in [0.15, 0.2) is 30.3 Å². The predicted molar refractivity (Wildman–Crippen MR) is 86.0 cm³/mol. The Kier molecular flexibility index (Phi) is 4.20. The van der Waals surface area contributed by atoms with Crippen molar-refractivity contribution in [3.8, 4) is 0 Å². The first-order chi connectivity index (χ1) is 11.1. The minimum atomic E-state index is -0.778. The number of carbonyl (C=O) groups excluding carboxylic acids is 3. The average molecular weight is 314 g/mol. The molecule has 2 fully saturated rings. The van der Waals surface area contributed by atoms with E-state index in [1.807, 2.05) is 6.07 Å². The molecule has 2 aliphatic rings. The minimum absolute atomic E-state index is 0.187. The zero-order valence-electron chi connectivity index (χ0n) is 13.4. The van der Waals surface area contributed by atoms with Gasteiger partial charge >= 0.3 is 6.03 Å². The van der Waals surface area contributed by atoms with E-state index in [1.54, 1.807) is 24.3 Å². The van der Waals surface area contributed by atoms with Crippen molar-refractivity contribution < 1.29 is 14.4 Å². The van der Waals surface area contributed by atoms with Crippen LogP contribution in [0.5, 0.6) is 0 Å². The second-order valence-corrected chi connectivity index (χ2v) is 6.54. The van der Waals surface area contributed by atoms with Gasteiger partial charge in [-0.05, 0) is 31.6 Å². The summed E-state index contributed by atoms with van der Waals surface area (Å²) in [6.07, 6.45) is 4.35. The molecule has 1 aliphatic heterocycles. The summed E-state index contributed by atoms with van der Waals surface area (Å²) in [6.45, 7) is 1.97. The number of urea groups is 1. The lowest BCUT2D eigenvalue weighted by Gasteiger charge is -2.34. The molecular formula is C18H22N2O3. The van der Waals surface area contributed by atoms with E-state index < -0.39 is 11.6 Å². The third-order valence-corrected chi connectivity index (χ3v) is 5.18. The van der Waals surface area contributed by atoms with E-state index in [-0.39, 0.29) is 18.2 Å². The molecule has 0 aromatic heterocycles. The number of imide groups is 1. The first-order valence-corrected chi connectivity index (χ1v) is 8.28. The van der Waals surface area contributed by atoms with Crippen LogP contribution in [0.25, 0.3) is 0 Å². The molecule has 0 radical (unpaired) electrons. The summed E-state index contributed by atoms with van der Waals surface area (Å²) < 4.78 is 0. The number of rotatable bonds is 4. The summed E-state index contributed by atoms with van der Waals surface area (Å²) in [5.41, 5.74) is -0.261. The van der Waals surface area contributed by atoms with Gasteiger partial charge in [-0.1, -0.05) is 43.7 Å². The topological polar surface area (TPSA) is 66.5 Å². The fraction of sp³-hybridized carbons (Fsp3) is 0.500. The van der Waals surface area contributed by atoms with Gasteiger partial charge in [0.05, 0.1) is 6.54 Å². The Hall–Kier alpha value is -2.17. The molecule has 23 heavy (non-hydrogen) atoms. The summed E-state index contributed by atoms with van der Waals surface area (Å²) in [6, 6.07) is 8.32. The Balaban J connectivity index is 1.71. The maximum absolute atomic E-state index is 12.7. The van der Waals surface area contributed by atoms with Crippen LogP contribution in [0.1, 0.15) is 49.4 Å². The van der Waals surface area contributed by atoms with Crippen LogP contribution in [-0.2, 0) is 4.79 Å². The first kappa shape index (κ1) is 15.7. The van der Waals surface area contributed by atoms with Gasteiger partial charge in [0.15, 0.2) is 5.78 Å². The van der Waals surface area contributed by atoms with Crippen molar-refractivity contribution in [3.05, 3.63) is 35.9 Å². The van der Waals surface area contributed by atoms with Crippen molar-refractivity contribution in [1.82, 2.24) is 10.2 Å². The van der Waals surface area contributed by atoms with Gasteiger partial charge < -0.3 is 5.32 Å². The summed E-state index contributed by atoms with van der Waals surface area (Å²) in [5, 5.41) is 2.86. The average Bonchev–Trinajstić information content (AvgIpc) is 2.81. The number of nitrogens with zero attached hydrogens (tertiary/aromatic N) is 1. The van der Waals surface area contributed by atoms with E-state index in [2.05, 4.69) is 12.2 Å². The number of carbonyl (C=O) groups is 3. The van der Waals surface area contributed by atoms with Crippen LogP contribution in [0.2, 0.25) is 0 Å². The third kappa shape index (κ3) is 2.87. The fourth-order valence-electron chi connectivity index (χ4n) is 3.60. The summed E-state index contributed by atoms with van der Waals surface area (Å²) in [4.78, 5) is 38.3. The molecule has 1 aromatic rings. The van der Waals surface area contributed by atoms with Crippen LogP contribution < -0.4 is 5.32 Å². The summed E-state index contributed by atoms with van der Waals surface area (Å²) in [5.74, 6) is 0.181. The predicted octanol–water partition coefficient (Wildman–Crippen LogP) is 2.76. The highest BCUT2D eigenvalue weighted by molar-refractivity contribution is 6.11. The van der Waals surface area contributed by atoms with E-state index in [4.69, 9.17) is 0 Å². The molecule has 122 valence electrons. The molecule has 3 amide bonds. The maximum atomic E-state index is 12.7. The van der Waals surface area contributed by atoms with Crippen molar-refractivity contribution in [3.63, 3.8) is 0 Å². The molecule has 0 atom stereocenters. The van der Waals surface area contributed by atoms with Gasteiger partial charge in [-0.15, -0.1) is 0 Å². The van der Waals surface area contributed by atoms with Crippen molar-refractivity contribution in [2.75, 3.05) is 6.54 Å². The van der Waals surface area contributed by atoms with E-state index in [0.717, 1.165) is 24.2 Å². The van der Waals surface area contributed by atoms with Crippen molar-refractivity contribution >= 4 is 17.7 Å². The summed E-state index contributed by atoms with van der Waals surface area (Å²) in [7, 11) is 0. The second kappa shape index (κ2) is 6.14. The smallest absolute Gasteiger partial charge is 0.323 e. The number of ketones is 1. The fourth-order valence-corrected chi connectivity index (χ4v) is 3.60. The largest absolute Gasteiger partial charge is 0.325 e. The molecule has 1 saturated carbocycles. The van der Waals surface area contributed by atoms with Gasteiger partial charge in [-0.25, -0.2) is 4.79 Å². The number of hydrogen-bond donors (Lipinski definition) is 1. The molecule has 1 N–H and O–H groups in total. The Morgan fingerprint density at radius 3 is 2.48 bits per heavy atom. The number of nitrogens with one attached hydrogen (secondary N) is 1. The zero-order chi connectivity index (χ0) is 16.4. The van der Waals surface area contributed by atoms with Crippen LogP contribution in [-0.4, -0.2) is 34.7 Å². The van der Waals surface area contributed by atoms with Gasteiger partial charge in [0.1, 0.15) is 5.54 Å². The zero-order valence-corrected chi connectivity index (χ0v) is 13.4. The second-order valence-electron chi connectivity index (χ2n) is 6.54. The monoisotopic (exact) mass is 314 g/mol. The van der Waals surface area contributed by atoms with Crippen LogP contribution >= 0.6 is 0 Å². The van der Waals surface area contributed by atoms with Gasteiger partial charge in [-0.3, -0.25) is 14.5 Å². The molecule has 3 rings (SSSR count). The molecule has 1 aliphatic carbocycles. The van der Waals surface area contributed by atoms with Crippen LogP contribution in [0.4, 0.5) is 4.79 Å². The van der Waals surface area contributed by atoms with Gasteiger partial charge in [0.25, 0.3) is 5.91 Å². The Morgan fingerprint density at radius 1 is 1.22 bits per heavy atom. The van der Waals surface area contributed by atoms with E-state index >= 15 is 0 Å². The van der Waals surface area contributed by atoms with Crippen molar-refractivity contribution in [2.24, 2.45) is 5.92 Å². The van der Waals surface area contributed by atoms with Crippen molar-refractivity contribution in [1.29, 1.82) is 0 Å². The third-order valence-electron chi connectivity index (χ3n) is 5.18. The van der Waals surface area contributed by atoms with E-state index in [0.29, 0.717) is 24.3 Å². The number of hydrogen-bond acceptors (Lipinski definition) is 3. The van der Waals surface area contributed by atoms with Gasteiger partial charge in [0.2, 0.25) is 0 Å². The highest BCUT2D eigenvalue weighted by atomic mass is 16.2. The quantitative estimate of drug-likeness (QED) is 0.686. The normalized spacial score (nSPS) is 27.3. The Bertz CT molecular complexity index is 618. The number of benzene rings is 1. The van der Waals surface area contributed by atoms with Gasteiger partial charge in [-0.2, -0.15) is 0 Å². The molecule has 1 aromatic carbocycles. The lowest BCUT2D eigenvalue weighted by atomic mass is 9.75. The summed E-state index contributed by atoms with van der Waals surface area (Å²) >= 11 is 0. The number of amides is 3. The molecule has 0 unspecified atom stereocenters. The highest BCUT2D eigenvalue weighted by Gasteiger charge is 2.52. The SMILES string of the molecule is CCC1CCC2(CC1)NC(=O)N(CC(=O)c1ccccc1)C2=O. The molecule has 5 nitrogen and oxygen atoms in total. The van der Waals surface area contributed by atoms with Crippen molar-refractivity contribution in [2.45, 2.75) is 44.6 Å². The standard InChI is InChI=1S/C18H22N2O3/c1-2-13-8-10-18(11-9-13)16(22)20(17(23)19-18)12-15(21)14-6-4-3-5-7-14/h3-7,13H,2,8-12H2,1H3,(H,19,23). The van der Waals surface area contributed by atoms with Gasteiger partial charge in [0, 0.05) is 5.56 Å². The molecule has 0 bridgehead atoms. The first-order valence-electron chi connectivity index (χ1n) is 8.28.